The fraction of sp³-hybridized carbons (Fsp3) is 0.742. The lowest BCUT2D eigenvalue weighted by molar-refractivity contribution is -0.127. The maximum atomic E-state index is 13.9. The lowest BCUT2D eigenvalue weighted by Gasteiger charge is -2.33. The molecule has 11 heteroatoms. The number of carbonyl (C=O) groups is 3. The molecule has 4 rings (SSSR count). The third-order valence-electron chi connectivity index (χ3n) is 8.64. The van der Waals surface area contributed by atoms with Gasteiger partial charge in [0.2, 0.25) is 11.8 Å². The van der Waals surface area contributed by atoms with Gasteiger partial charge in [-0.2, -0.15) is 0 Å². The SMILES string of the molecule is CC1CCC([C@H](NC(=O)OC(C)(C)C)C(=O)Nc2cc3c(cn2)C2(CCOCC2)C(=O)N3COCC[Si](C)(C)C)CC1. The molecule has 2 aliphatic heterocycles. The first-order valence-electron chi connectivity index (χ1n) is 15.5. The number of rotatable bonds is 9. The van der Waals surface area contributed by atoms with Gasteiger partial charge in [-0.1, -0.05) is 39.4 Å². The van der Waals surface area contributed by atoms with Gasteiger partial charge >= 0.3 is 6.09 Å². The van der Waals surface area contributed by atoms with Crippen LogP contribution in [0.15, 0.2) is 12.3 Å². The van der Waals surface area contributed by atoms with Crippen LogP contribution in [0.25, 0.3) is 0 Å². The van der Waals surface area contributed by atoms with Crippen molar-refractivity contribution in [3.63, 3.8) is 0 Å². The van der Waals surface area contributed by atoms with Gasteiger partial charge in [-0.25, -0.2) is 9.78 Å². The van der Waals surface area contributed by atoms with E-state index >= 15 is 0 Å². The number of alkyl carbamates (subject to hydrolysis) is 1. The fourth-order valence-electron chi connectivity index (χ4n) is 6.11. The minimum atomic E-state index is -1.28. The lowest BCUT2D eigenvalue weighted by Crippen LogP contribution is -2.50. The number of anilines is 2. The normalized spacial score (nSPS) is 22.9. The second-order valence-corrected chi connectivity index (χ2v) is 20.1. The number of hydrogen-bond acceptors (Lipinski definition) is 7. The molecule has 3 amide bonds. The van der Waals surface area contributed by atoms with Crippen molar-refractivity contribution in [3.8, 4) is 0 Å². The fourth-order valence-corrected chi connectivity index (χ4v) is 6.87. The zero-order chi connectivity index (χ0) is 30.7. The van der Waals surface area contributed by atoms with Crippen LogP contribution >= 0.6 is 0 Å². The summed E-state index contributed by atoms with van der Waals surface area (Å²) in [4.78, 5) is 46.6. The molecule has 42 heavy (non-hydrogen) atoms. The molecule has 1 aliphatic carbocycles. The zero-order valence-corrected chi connectivity index (χ0v) is 27.5. The van der Waals surface area contributed by atoms with E-state index in [1.165, 1.54) is 0 Å². The number of ether oxygens (including phenoxy) is 3. The molecule has 10 nitrogen and oxygen atoms in total. The number of carbonyl (C=O) groups excluding carboxylic acids is 3. The smallest absolute Gasteiger partial charge is 0.408 e. The van der Waals surface area contributed by atoms with Crippen molar-refractivity contribution in [1.82, 2.24) is 10.3 Å². The van der Waals surface area contributed by atoms with E-state index in [1.54, 1.807) is 37.9 Å². The minimum Gasteiger partial charge on any atom is -0.444 e. The van der Waals surface area contributed by atoms with Crippen molar-refractivity contribution in [3.05, 3.63) is 17.8 Å². The largest absolute Gasteiger partial charge is 0.444 e. The van der Waals surface area contributed by atoms with Crippen LogP contribution in [0.2, 0.25) is 25.7 Å². The Bertz CT molecular complexity index is 1130. The Morgan fingerprint density at radius 3 is 2.45 bits per heavy atom. The highest BCUT2D eigenvalue weighted by Crippen LogP contribution is 2.48. The second kappa shape index (κ2) is 13.0. The third kappa shape index (κ3) is 7.90. The first-order valence-corrected chi connectivity index (χ1v) is 19.2. The van der Waals surface area contributed by atoms with Gasteiger partial charge in [0.1, 0.15) is 24.2 Å². The molecule has 1 atom stereocenters. The summed E-state index contributed by atoms with van der Waals surface area (Å²) in [5.74, 6) is 0.587. The summed E-state index contributed by atoms with van der Waals surface area (Å²) >= 11 is 0. The number of aromatic nitrogens is 1. The van der Waals surface area contributed by atoms with E-state index in [-0.39, 0.29) is 24.5 Å². The molecular weight excluding hydrogens is 552 g/mol. The van der Waals surface area contributed by atoms with E-state index in [9.17, 15) is 14.4 Å². The molecule has 2 N–H and O–H groups in total. The van der Waals surface area contributed by atoms with Gasteiger partial charge in [-0.3, -0.25) is 14.5 Å². The molecule has 0 bridgehead atoms. The van der Waals surface area contributed by atoms with E-state index in [0.29, 0.717) is 50.1 Å². The maximum absolute atomic E-state index is 13.9. The van der Waals surface area contributed by atoms with Crippen molar-refractivity contribution < 1.29 is 28.6 Å². The number of amides is 3. The van der Waals surface area contributed by atoms with Gasteiger partial charge in [0, 0.05) is 45.7 Å². The molecule has 0 radical (unpaired) electrons. The van der Waals surface area contributed by atoms with Crippen molar-refractivity contribution in [1.29, 1.82) is 0 Å². The summed E-state index contributed by atoms with van der Waals surface area (Å²) in [6, 6.07) is 2.02. The summed E-state index contributed by atoms with van der Waals surface area (Å²) < 4.78 is 17.1. The average molecular weight is 603 g/mol. The molecule has 1 saturated heterocycles. The highest BCUT2D eigenvalue weighted by molar-refractivity contribution is 6.76. The highest BCUT2D eigenvalue weighted by atomic mass is 28.3. The predicted octanol–water partition coefficient (Wildman–Crippen LogP) is 5.45. The molecule has 1 aromatic heterocycles. The molecule has 1 saturated carbocycles. The van der Waals surface area contributed by atoms with Crippen molar-refractivity contribution in [2.45, 2.75) is 109 Å². The molecular formula is C31H50N4O6Si. The van der Waals surface area contributed by atoms with Crippen LogP contribution in [0.3, 0.4) is 0 Å². The molecule has 0 aromatic carbocycles. The van der Waals surface area contributed by atoms with Crippen LogP contribution in [0.5, 0.6) is 0 Å². The standard InChI is InChI=1S/C31H50N4O6Si/c1-21-8-10-22(11-9-21)26(34-29(38)41-30(2,3)4)27(36)33-25-18-24-23(19-32-25)31(12-14-39-15-13-31)28(37)35(24)20-40-16-17-42(5,6)7/h18-19,21-22,26H,8-17,20H2,1-7H3,(H,34,38)(H,32,33,36)/t21?,22?,26-/m0/s1. The van der Waals surface area contributed by atoms with Crippen LogP contribution < -0.4 is 15.5 Å². The Kier molecular flexibility index (Phi) is 10.0. The van der Waals surface area contributed by atoms with Crippen molar-refractivity contribution >= 4 is 37.5 Å². The summed E-state index contributed by atoms with van der Waals surface area (Å²) in [7, 11) is -1.28. The Hall–Kier alpha value is -2.50. The Labute approximate surface area is 251 Å². The van der Waals surface area contributed by atoms with Gasteiger partial charge in [0.25, 0.3) is 0 Å². The van der Waals surface area contributed by atoms with Crippen LogP contribution in [0.1, 0.15) is 71.8 Å². The lowest BCUT2D eigenvalue weighted by atomic mass is 9.76. The topological polar surface area (TPSA) is 119 Å². The molecule has 0 unspecified atom stereocenters. The van der Waals surface area contributed by atoms with E-state index < -0.39 is 31.2 Å². The summed E-state index contributed by atoms with van der Waals surface area (Å²) in [6.07, 6.45) is 5.96. The molecule has 2 fully saturated rings. The first-order chi connectivity index (χ1) is 19.7. The Balaban J connectivity index is 1.55. The number of pyridine rings is 1. The van der Waals surface area contributed by atoms with Crippen LogP contribution in [-0.4, -0.2) is 69.2 Å². The summed E-state index contributed by atoms with van der Waals surface area (Å²) in [5, 5.41) is 5.79. The zero-order valence-electron chi connectivity index (χ0n) is 26.5. The monoisotopic (exact) mass is 602 g/mol. The summed E-state index contributed by atoms with van der Waals surface area (Å²) in [6.45, 7) is 16.3. The minimum absolute atomic E-state index is 0.000116. The van der Waals surface area contributed by atoms with Crippen LogP contribution in [-0.2, 0) is 29.2 Å². The van der Waals surface area contributed by atoms with Crippen LogP contribution in [0.4, 0.5) is 16.3 Å². The first kappa shape index (κ1) is 32.4. The summed E-state index contributed by atoms with van der Waals surface area (Å²) in [5.41, 5.74) is 0.196. The maximum Gasteiger partial charge on any atom is 0.408 e. The number of hydrogen-bond donors (Lipinski definition) is 2. The quantitative estimate of drug-likeness (QED) is 0.285. The van der Waals surface area contributed by atoms with E-state index in [2.05, 4.69) is 42.2 Å². The van der Waals surface area contributed by atoms with E-state index in [1.807, 2.05) is 0 Å². The molecule has 3 heterocycles. The molecule has 1 aromatic rings. The average Bonchev–Trinajstić information content (AvgIpc) is 3.11. The number of nitrogens with one attached hydrogen (secondary N) is 2. The molecule has 1 spiro atoms. The van der Waals surface area contributed by atoms with Gasteiger partial charge in [-0.15, -0.1) is 0 Å². The predicted molar refractivity (Wildman–Crippen MR) is 165 cm³/mol. The van der Waals surface area contributed by atoms with E-state index in [0.717, 1.165) is 37.3 Å². The number of fused-ring (bicyclic) bond motifs is 2. The second-order valence-electron chi connectivity index (χ2n) is 14.5. The van der Waals surface area contributed by atoms with Gasteiger partial charge in [-0.05, 0) is 64.3 Å². The van der Waals surface area contributed by atoms with Gasteiger partial charge in [0.05, 0.1) is 11.1 Å². The van der Waals surface area contributed by atoms with Crippen molar-refractivity contribution in [2.24, 2.45) is 11.8 Å². The number of nitrogens with zero attached hydrogens (tertiary/aromatic N) is 2. The Morgan fingerprint density at radius 1 is 1.17 bits per heavy atom. The van der Waals surface area contributed by atoms with Crippen molar-refractivity contribution in [2.75, 3.05) is 36.8 Å². The molecule has 3 aliphatic rings. The van der Waals surface area contributed by atoms with E-state index in [4.69, 9.17) is 14.2 Å². The van der Waals surface area contributed by atoms with Gasteiger partial charge < -0.3 is 24.8 Å². The van der Waals surface area contributed by atoms with Gasteiger partial charge in [0.15, 0.2) is 0 Å². The Morgan fingerprint density at radius 2 is 1.83 bits per heavy atom. The third-order valence-corrected chi connectivity index (χ3v) is 10.3. The molecule has 234 valence electrons. The highest BCUT2D eigenvalue weighted by Gasteiger charge is 2.52. The van der Waals surface area contributed by atoms with Crippen LogP contribution in [0, 0.1) is 11.8 Å².